The smallest absolute Gasteiger partial charge is 0.123 e. The van der Waals surface area contributed by atoms with E-state index in [-0.39, 0.29) is 11.9 Å². The average Bonchev–Trinajstić information content (AvgIpc) is 2.35. The molecule has 0 heterocycles. The van der Waals surface area contributed by atoms with E-state index in [0.29, 0.717) is 19.6 Å². The molecular weight excluding hydrogens is 233 g/mol. The molecule has 0 aliphatic heterocycles. The van der Waals surface area contributed by atoms with Gasteiger partial charge in [0.2, 0.25) is 0 Å². The molecule has 1 aromatic carbocycles. The Kier molecular flexibility index (Phi) is 5.72. The minimum Gasteiger partial charge on any atom is -0.389 e. The molecule has 0 aliphatic carbocycles. The molecule has 102 valence electrons. The lowest BCUT2D eigenvalue weighted by molar-refractivity contribution is 0.0231. The van der Waals surface area contributed by atoms with Gasteiger partial charge in [-0.05, 0) is 31.5 Å². The van der Waals surface area contributed by atoms with Gasteiger partial charge in [0, 0.05) is 32.7 Å². The molecule has 2 atom stereocenters. The molecule has 0 aromatic heterocycles. The summed E-state index contributed by atoms with van der Waals surface area (Å²) in [6, 6.07) is 6.44. The van der Waals surface area contributed by atoms with Crippen LogP contribution in [-0.4, -0.2) is 31.0 Å². The highest BCUT2D eigenvalue weighted by Crippen LogP contribution is 2.15. The normalized spacial score (nSPS) is 16.3. The molecular formula is C14H22FNO2. The summed E-state index contributed by atoms with van der Waals surface area (Å²) in [6.45, 7) is 4.75. The van der Waals surface area contributed by atoms with Crippen molar-refractivity contribution in [3.63, 3.8) is 0 Å². The number of benzene rings is 1. The summed E-state index contributed by atoms with van der Waals surface area (Å²) in [4.78, 5) is 0. The first-order valence-corrected chi connectivity index (χ1v) is 6.15. The van der Waals surface area contributed by atoms with Gasteiger partial charge in [-0.2, -0.15) is 0 Å². The third-order valence-corrected chi connectivity index (χ3v) is 3.00. The van der Waals surface area contributed by atoms with E-state index < -0.39 is 5.60 Å². The van der Waals surface area contributed by atoms with E-state index in [9.17, 15) is 9.50 Å². The van der Waals surface area contributed by atoms with E-state index in [1.165, 1.54) is 12.1 Å². The van der Waals surface area contributed by atoms with Crippen LogP contribution in [0.5, 0.6) is 0 Å². The Morgan fingerprint density at radius 1 is 1.39 bits per heavy atom. The predicted molar refractivity (Wildman–Crippen MR) is 69.9 cm³/mol. The number of hydrogen-bond acceptors (Lipinski definition) is 3. The Labute approximate surface area is 108 Å². The quantitative estimate of drug-likeness (QED) is 0.785. The number of hydrogen-bond donors (Lipinski definition) is 2. The van der Waals surface area contributed by atoms with Crippen LogP contribution >= 0.6 is 0 Å². The largest absolute Gasteiger partial charge is 0.389 e. The average molecular weight is 255 g/mol. The fourth-order valence-corrected chi connectivity index (χ4v) is 1.65. The molecule has 0 saturated heterocycles. The Bertz CT molecular complexity index is 351. The Morgan fingerprint density at radius 3 is 2.56 bits per heavy atom. The van der Waals surface area contributed by atoms with E-state index in [4.69, 9.17) is 4.74 Å². The van der Waals surface area contributed by atoms with Crippen LogP contribution in [0.4, 0.5) is 4.39 Å². The molecule has 0 fully saturated rings. The fourth-order valence-electron chi connectivity index (χ4n) is 1.65. The molecule has 0 amide bonds. The van der Waals surface area contributed by atoms with Crippen molar-refractivity contribution in [1.29, 1.82) is 0 Å². The van der Waals surface area contributed by atoms with Gasteiger partial charge in [-0.25, -0.2) is 4.39 Å². The predicted octanol–water partition coefficient (Wildman–Crippen LogP) is 2.26. The molecule has 0 bridgehead atoms. The molecule has 1 rings (SSSR count). The van der Waals surface area contributed by atoms with Crippen molar-refractivity contribution in [2.45, 2.75) is 31.9 Å². The molecule has 3 nitrogen and oxygen atoms in total. The molecule has 1 aromatic rings. The van der Waals surface area contributed by atoms with Gasteiger partial charge in [-0.1, -0.05) is 12.1 Å². The zero-order valence-corrected chi connectivity index (χ0v) is 11.2. The van der Waals surface area contributed by atoms with Crippen LogP contribution in [0.25, 0.3) is 0 Å². The number of rotatable bonds is 7. The van der Waals surface area contributed by atoms with Gasteiger partial charge >= 0.3 is 0 Å². The van der Waals surface area contributed by atoms with Crippen molar-refractivity contribution in [1.82, 2.24) is 5.32 Å². The first kappa shape index (κ1) is 15.1. The zero-order chi connectivity index (χ0) is 13.6. The van der Waals surface area contributed by atoms with Crippen molar-refractivity contribution >= 4 is 0 Å². The lowest BCUT2D eigenvalue weighted by atomic mass is 10.0. The Hall–Kier alpha value is -0.970. The maximum Gasteiger partial charge on any atom is 0.123 e. The van der Waals surface area contributed by atoms with E-state index in [1.807, 2.05) is 6.92 Å². The van der Waals surface area contributed by atoms with Gasteiger partial charge < -0.3 is 15.2 Å². The molecule has 0 aliphatic rings. The Morgan fingerprint density at radius 2 is 2.00 bits per heavy atom. The lowest BCUT2D eigenvalue weighted by Crippen LogP contribution is -2.39. The summed E-state index contributed by atoms with van der Waals surface area (Å²) in [5.41, 5.74) is 0.198. The number of halogens is 1. The van der Waals surface area contributed by atoms with Gasteiger partial charge in [-0.3, -0.25) is 0 Å². The fraction of sp³-hybridized carbons (Fsp3) is 0.571. The second-order valence-electron chi connectivity index (χ2n) is 4.89. The second kappa shape index (κ2) is 6.83. The van der Waals surface area contributed by atoms with E-state index >= 15 is 0 Å². The van der Waals surface area contributed by atoms with Crippen molar-refractivity contribution in [2.75, 3.05) is 20.3 Å². The van der Waals surface area contributed by atoms with Crippen molar-refractivity contribution in [3.05, 3.63) is 35.6 Å². The molecule has 0 saturated carbocycles. The standard InChI is InChI=1S/C14H22FNO2/c1-11(12-4-6-13(15)7-5-12)16-10-14(2,17)8-9-18-3/h4-7,11,16-17H,8-10H2,1-3H3. The van der Waals surface area contributed by atoms with Crippen LogP contribution in [0, 0.1) is 5.82 Å². The molecule has 2 unspecified atom stereocenters. The third kappa shape index (κ3) is 5.12. The lowest BCUT2D eigenvalue weighted by Gasteiger charge is -2.26. The summed E-state index contributed by atoms with van der Waals surface area (Å²) >= 11 is 0. The van der Waals surface area contributed by atoms with Crippen LogP contribution in [0.1, 0.15) is 31.9 Å². The minimum absolute atomic E-state index is 0.0691. The monoisotopic (exact) mass is 255 g/mol. The van der Waals surface area contributed by atoms with Gasteiger partial charge in [0.25, 0.3) is 0 Å². The summed E-state index contributed by atoms with van der Waals surface area (Å²) in [7, 11) is 1.62. The topological polar surface area (TPSA) is 41.5 Å². The number of nitrogens with one attached hydrogen (secondary N) is 1. The van der Waals surface area contributed by atoms with Crippen LogP contribution < -0.4 is 5.32 Å². The van der Waals surface area contributed by atoms with Crippen molar-refractivity contribution < 1.29 is 14.2 Å². The first-order chi connectivity index (χ1) is 8.44. The Balaban J connectivity index is 2.45. The molecule has 18 heavy (non-hydrogen) atoms. The third-order valence-electron chi connectivity index (χ3n) is 3.00. The molecule has 0 radical (unpaired) electrons. The van der Waals surface area contributed by atoms with Crippen LogP contribution in [0.2, 0.25) is 0 Å². The van der Waals surface area contributed by atoms with Crippen molar-refractivity contribution in [2.24, 2.45) is 0 Å². The maximum absolute atomic E-state index is 12.8. The summed E-state index contributed by atoms with van der Waals surface area (Å²) in [6.07, 6.45) is 0.576. The van der Waals surface area contributed by atoms with E-state index in [1.54, 1.807) is 26.2 Å². The summed E-state index contributed by atoms with van der Waals surface area (Å²) in [5, 5.41) is 13.3. The highest BCUT2D eigenvalue weighted by molar-refractivity contribution is 5.19. The number of methoxy groups -OCH3 is 1. The van der Waals surface area contributed by atoms with Gasteiger partial charge in [0.15, 0.2) is 0 Å². The van der Waals surface area contributed by atoms with Gasteiger partial charge in [0.1, 0.15) is 5.82 Å². The van der Waals surface area contributed by atoms with Gasteiger partial charge in [-0.15, -0.1) is 0 Å². The first-order valence-electron chi connectivity index (χ1n) is 6.15. The van der Waals surface area contributed by atoms with E-state index in [2.05, 4.69) is 5.32 Å². The van der Waals surface area contributed by atoms with Crippen LogP contribution in [-0.2, 0) is 4.74 Å². The van der Waals surface area contributed by atoms with E-state index in [0.717, 1.165) is 5.56 Å². The number of ether oxygens (including phenoxy) is 1. The van der Waals surface area contributed by atoms with Gasteiger partial charge in [0.05, 0.1) is 5.60 Å². The minimum atomic E-state index is -0.801. The summed E-state index contributed by atoms with van der Waals surface area (Å²) in [5.74, 6) is -0.238. The molecule has 4 heteroatoms. The summed E-state index contributed by atoms with van der Waals surface area (Å²) < 4.78 is 17.7. The molecule has 0 spiro atoms. The SMILES string of the molecule is COCCC(C)(O)CNC(C)c1ccc(F)cc1. The maximum atomic E-state index is 12.8. The molecule has 2 N–H and O–H groups in total. The second-order valence-corrected chi connectivity index (χ2v) is 4.89. The van der Waals surface area contributed by atoms with Crippen LogP contribution in [0.15, 0.2) is 24.3 Å². The highest BCUT2D eigenvalue weighted by atomic mass is 19.1. The number of aliphatic hydroxyl groups is 1. The highest BCUT2D eigenvalue weighted by Gasteiger charge is 2.20. The van der Waals surface area contributed by atoms with Crippen molar-refractivity contribution in [3.8, 4) is 0 Å². The zero-order valence-electron chi connectivity index (χ0n) is 11.2. The van der Waals surface area contributed by atoms with Crippen LogP contribution in [0.3, 0.4) is 0 Å².